The molecule has 0 radical (unpaired) electrons. The van der Waals surface area contributed by atoms with Crippen LogP contribution in [0.4, 0.5) is 0 Å². The van der Waals surface area contributed by atoms with Crippen LogP contribution in [0.2, 0.25) is 0 Å². The van der Waals surface area contributed by atoms with Crippen molar-refractivity contribution in [1.82, 2.24) is 9.55 Å². The highest BCUT2D eigenvalue weighted by molar-refractivity contribution is 5.02. The van der Waals surface area contributed by atoms with Gasteiger partial charge >= 0.3 is 5.69 Å². The number of nitrogens with zero attached hydrogens (tertiary/aromatic N) is 4. The summed E-state index contributed by atoms with van der Waals surface area (Å²) in [7, 11) is 0. The monoisotopic (exact) mass is 281 g/mol. The molecule has 0 bridgehead atoms. The van der Waals surface area contributed by atoms with E-state index in [0.717, 1.165) is 10.6 Å². The van der Waals surface area contributed by atoms with E-state index < -0.39 is 41.8 Å². The molecule has 0 amide bonds. The van der Waals surface area contributed by atoms with Gasteiger partial charge in [-0.2, -0.15) is 0 Å². The minimum atomic E-state index is -0.930. The van der Waals surface area contributed by atoms with E-state index in [1.807, 2.05) is 0 Å². The van der Waals surface area contributed by atoms with Crippen molar-refractivity contribution < 1.29 is 14.6 Å². The van der Waals surface area contributed by atoms with Gasteiger partial charge in [-0.3, -0.25) is 14.3 Å². The van der Waals surface area contributed by atoms with Gasteiger partial charge in [-0.15, -0.1) is 0 Å². The first-order chi connectivity index (χ1) is 9.61. The van der Waals surface area contributed by atoms with E-state index in [9.17, 15) is 14.7 Å². The Morgan fingerprint density at radius 2 is 2.30 bits per heavy atom. The molecule has 0 unspecified atom stereocenters. The standard InChI is InChI=1S/C10H11N5O5/c11-14-13-6-8-7(4(16)3-19-8)20-9(6)15-2-1-5(17)12-10(15)18/h1-2,4,6-9,16H,3H2,(H,12,17,18)/t4-,6-,7-,8-,9-/m1/s1. The van der Waals surface area contributed by atoms with E-state index in [4.69, 9.17) is 15.0 Å². The predicted molar refractivity (Wildman–Crippen MR) is 63.9 cm³/mol. The fourth-order valence-corrected chi connectivity index (χ4v) is 2.52. The van der Waals surface area contributed by atoms with Gasteiger partial charge in [-0.25, -0.2) is 4.79 Å². The number of azide groups is 1. The van der Waals surface area contributed by atoms with Crippen LogP contribution in [0.1, 0.15) is 6.23 Å². The summed E-state index contributed by atoms with van der Waals surface area (Å²) in [5.41, 5.74) is 7.40. The van der Waals surface area contributed by atoms with E-state index in [1.165, 1.54) is 6.20 Å². The van der Waals surface area contributed by atoms with Crippen LogP contribution in [0.25, 0.3) is 10.4 Å². The second-order valence-corrected chi connectivity index (χ2v) is 4.57. The maximum Gasteiger partial charge on any atom is 0.330 e. The van der Waals surface area contributed by atoms with Gasteiger partial charge in [-0.1, -0.05) is 5.11 Å². The molecule has 2 aliphatic rings. The van der Waals surface area contributed by atoms with Crippen LogP contribution in [-0.2, 0) is 9.47 Å². The third-order valence-electron chi connectivity index (χ3n) is 3.40. The highest BCUT2D eigenvalue weighted by Gasteiger charge is 2.52. The molecular weight excluding hydrogens is 270 g/mol. The summed E-state index contributed by atoms with van der Waals surface area (Å²) in [6.07, 6.45) is -1.82. The zero-order valence-corrected chi connectivity index (χ0v) is 10.1. The Balaban J connectivity index is 2.02. The first kappa shape index (κ1) is 12.9. The molecule has 0 spiro atoms. The lowest BCUT2D eigenvalue weighted by atomic mass is 10.1. The number of fused-ring (bicyclic) bond motifs is 1. The van der Waals surface area contributed by atoms with Gasteiger partial charge in [0.1, 0.15) is 24.5 Å². The Hall–Kier alpha value is -2.13. The third-order valence-corrected chi connectivity index (χ3v) is 3.40. The highest BCUT2D eigenvalue weighted by Crippen LogP contribution is 2.37. The average Bonchev–Trinajstić information content (AvgIpc) is 2.92. The fourth-order valence-electron chi connectivity index (χ4n) is 2.52. The summed E-state index contributed by atoms with van der Waals surface area (Å²) < 4.78 is 12.0. The van der Waals surface area contributed by atoms with Gasteiger partial charge in [0.2, 0.25) is 0 Å². The first-order valence-corrected chi connectivity index (χ1v) is 5.92. The number of nitrogens with one attached hydrogen (secondary N) is 1. The molecule has 10 heteroatoms. The second kappa shape index (κ2) is 4.76. The predicted octanol–water partition coefficient (Wildman–Crippen LogP) is -1.13. The number of rotatable bonds is 2. The summed E-state index contributed by atoms with van der Waals surface area (Å²) in [5, 5.41) is 13.3. The minimum absolute atomic E-state index is 0.0834. The largest absolute Gasteiger partial charge is 0.388 e. The maximum atomic E-state index is 11.8. The first-order valence-electron chi connectivity index (χ1n) is 5.92. The maximum absolute atomic E-state index is 11.8. The number of ether oxygens (including phenoxy) is 2. The number of aromatic amines is 1. The van der Waals surface area contributed by atoms with Crippen molar-refractivity contribution in [2.24, 2.45) is 5.11 Å². The number of hydrogen-bond acceptors (Lipinski definition) is 6. The molecule has 2 aliphatic heterocycles. The quantitative estimate of drug-likeness (QED) is 0.400. The van der Waals surface area contributed by atoms with E-state index >= 15 is 0 Å². The van der Waals surface area contributed by atoms with Crippen molar-refractivity contribution in [1.29, 1.82) is 0 Å². The van der Waals surface area contributed by atoms with E-state index in [0.29, 0.717) is 0 Å². The number of H-pyrrole nitrogens is 1. The van der Waals surface area contributed by atoms with Crippen LogP contribution in [0.5, 0.6) is 0 Å². The molecule has 10 nitrogen and oxygen atoms in total. The molecular formula is C10H11N5O5. The lowest BCUT2D eigenvalue weighted by Gasteiger charge is -2.19. The Morgan fingerprint density at radius 3 is 3.00 bits per heavy atom. The molecule has 0 aromatic carbocycles. The zero-order valence-electron chi connectivity index (χ0n) is 10.1. The Labute approximate surface area is 111 Å². The summed E-state index contributed by atoms with van der Waals surface area (Å²) in [5.74, 6) is 0. The smallest absolute Gasteiger partial charge is 0.330 e. The van der Waals surface area contributed by atoms with Crippen molar-refractivity contribution in [2.75, 3.05) is 6.61 Å². The summed E-state index contributed by atoms with van der Waals surface area (Å²) in [4.78, 5) is 27.6. The number of aromatic nitrogens is 2. The van der Waals surface area contributed by atoms with Gasteiger partial charge in [0, 0.05) is 17.2 Å². The molecule has 0 saturated carbocycles. The number of hydrogen-bond donors (Lipinski definition) is 2. The molecule has 20 heavy (non-hydrogen) atoms. The van der Waals surface area contributed by atoms with E-state index in [2.05, 4.69) is 15.0 Å². The van der Waals surface area contributed by atoms with Crippen molar-refractivity contribution in [3.05, 3.63) is 43.5 Å². The topological polar surface area (TPSA) is 142 Å². The van der Waals surface area contributed by atoms with Gasteiger partial charge in [0.15, 0.2) is 0 Å². The molecule has 2 saturated heterocycles. The molecule has 0 aliphatic carbocycles. The lowest BCUT2D eigenvalue weighted by Crippen LogP contribution is -2.36. The number of aliphatic hydroxyl groups excluding tert-OH is 1. The molecule has 1 aromatic heterocycles. The summed E-state index contributed by atoms with van der Waals surface area (Å²) in [6.45, 7) is 0.0834. The van der Waals surface area contributed by atoms with Gasteiger partial charge in [0.05, 0.1) is 12.7 Å². The van der Waals surface area contributed by atoms with Gasteiger partial charge in [0.25, 0.3) is 5.56 Å². The van der Waals surface area contributed by atoms with Crippen LogP contribution in [0, 0.1) is 0 Å². The SMILES string of the molecule is [N-]=[N+]=N[C@@H]1[C@H]2OC[C@@H](O)[C@H]2O[C@H]1n1ccc(=O)[nH]c1=O. The molecule has 3 rings (SSSR count). The van der Waals surface area contributed by atoms with Crippen molar-refractivity contribution in [2.45, 2.75) is 30.6 Å². The van der Waals surface area contributed by atoms with E-state index in [1.54, 1.807) is 0 Å². The normalized spacial score (nSPS) is 35.5. The Kier molecular flexibility index (Phi) is 3.07. The molecule has 1 aromatic rings. The molecule has 106 valence electrons. The van der Waals surface area contributed by atoms with Crippen LogP contribution >= 0.6 is 0 Å². The van der Waals surface area contributed by atoms with Gasteiger partial charge in [-0.05, 0) is 5.53 Å². The Morgan fingerprint density at radius 1 is 1.50 bits per heavy atom. The molecule has 2 fully saturated rings. The third kappa shape index (κ3) is 1.91. The lowest BCUT2D eigenvalue weighted by molar-refractivity contribution is -0.0522. The van der Waals surface area contributed by atoms with Gasteiger partial charge < -0.3 is 14.6 Å². The molecule has 5 atom stereocenters. The highest BCUT2D eigenvalue weighted by atomic mass is 16.6. The molecule has 3 heterocycles. The van der Waals surface area contributed by atoms with Crippen molar-refractivity contribution in [3.8, 4) is 0 Å². The van der Waals surface area contributed by atoms with E-state index in [-0.39, 0.29) is 6.61 Å². The van der Waals surface area contributed by atoms with Crippen LogP contribution in [0.3, 0.4) is 0 Å². The van der Waals surface area contributed by atoms with Crippen molar-refractivity contribution in [3.63, 3.8) is 0 Å². The molecule has 2 N–H and O–H groups in total. The minimum Gasteiger partial charge on any atom is -0.388 e. The van der Waals surface area contributed by atoms with Crippen molar-refractivity contribution >= 4 is 0 Å². The van der Waals surface area contributed by atoms with Crippen LogP contribution in [0.15, 0.2) is 27.0 Å². The van der Waals surface area contributed by atoms with Crippen LogP contribution < -0.4 is 11.2 Å². The average molecular weight is 281 g/mol. The Bertz CT molecular complexity index is 677. The summed E-state index contributed by atoms with van der Waals surface area (Å²) in [6, 6.07) is 0.356. The summed E-state index contributed by atoms with van der Waals surface area (Å²) >= 11 is 0. The zero-order chi connectivity index (χ0) is 14.3. The number of aliphatic hydroxyl groups is 1. The second-order valence-electron chi connectivity index (χ2n) is 4.57. The fraction of sp³-hybridized carbons (Fsp3) is 0.600. The van der Waals surface area contributed by atoms with Crippen LogP contribution in [-0.4, -0.2) is 45.6 Å².